The van der Waals surface area contributed by atoms with Gasteiger partial charge < -0.3 is 13.7 Å². The van der Waals surface area contributed by atoms with Crippen LogP contribution in [0.15, 0.2) is 297 Å². The van der Waals surface area contributed by atoms with Gasteiger partial charge in [0.2, 0.25) is 0 Å². The number of fused-ring (bicyclic) bond motifs is 20. The van der Waals surface area contributed by atoms with Gasteiger partial charge in [0.15, 0.2) is 0 Å². The molecule has 1 aliphatic carbocycles. The molecule has 0 N–H and O–H groups in total. The molecule has 1 aliphatic heterocycles. The van der Waals surface area contributed by atoms with E-state index in [-0.39, 0.29) is 0 Å². The highest BCUT2D eigenvalue weighted by atomic mass is 15.0. The molecule has 0 radical (unpaired) electrons. The summed E-state index contributed by atoms with van der Waals surface area (Å²) in [5, 5.41) is 12.4. The number of hydrogen-bond acceptors (Lipinski definition) is 0. The quantitative estimate of drug-likeness (QED) is 0.153. The minimum absolute atomic E-state index is 0.607. The summed E-state index contributed by atoms with van der Waals surface area (Å²) in [6.45, 7) is 0. The van der Waals surface area contributed by atoms with Crippen LogP contribution in [0.2, 0.25) is 0 Å². The molecule has 388 valence electrons. The van der Waals surface area contributed by atoms with E-state index in [0.717, 1.165) is 11.4 Å². The predicted octanol–water partition coefficient (Wildman–Crippen LogP) is 21.0. The molecule has 17 aromatic rings. The Morgan fingerprint density at radius 2 is 0.619 bits per heavy atom. The van der Waals surface area contributed by atoms with Crippen molar-refractivity contribution in [2.75, 3.05) is 0 Å². The van der Waals surface area contributed by atoms with Gasteiger partial charge in [-0.25, -0.2) is 0 Å². The molecule has 0 saturated heterocycles. The summed E-state index contributed by atoms with van der Waals surface area (Å²) in [6.07, 6.45) is 0. The van der Waals surface area contributed by atoms with Gasteiger partial charge in [0.1, 0.15) is 0 Å². The lowest BCUT2D eigenvalue weighted by atomic mass is 9.65. The standard InChI is InChI=1S/C81H49N3/c1-3-23-50(24-4-1)82-71-44-14-9-29-61(71)78-55(35-21-47-74(78)82)52-31-17-33-57-64(52)49-65-53(56-36-22-48-75-79(56)62-30-10-15-45-72(62)83(75)51-25-5-2-6-26-51)32-18-34-58(65)76(57)63-38-20-41-68-77(63)60-28-7-11-39-66(60)81(68)67-40-12-16-46-73(67)84-70-43-13-8-27-54(70)59-37-19-42-69(81)80(59)84/h1-49H. The molecule has 1 spiro atoms. The Morgan fingerprint density at radius 3 is 1.25 bits per heavy atom. The Labute approximate surface area is 484 Å². The molecule has 1 atom stereocenters. The van der Waals surface area contributed by atoms with Crippen molar-refractivity contribution < 1.29 is 0 Å². The first-order valence-electron chi connectivity index (χ1n) is 29.3. The molecule has 14 aromatic carbocycles. The van der Waals surface area contributed by atoms with Crippen LogP contribution in [0.25, 0.3) is 149 Å². The second-order valence-corrected chi connectivity index (χ2v) is 22.9. The van der Waals surface area contributed by atoms with E-state index in [1.165, 1.54) is 159 Å². The van der Waals surface area contributed by atoms with Crippen LogP contribution in [0.4, 0.5) is 0 Å². The van der Waals surface area contributed by atoms with Crippen molar-refractivity contribution in [3.05, 3.63) is 320 Å². The Kier molecular flexibility index (Phi) is 9.26. The van der Waals surface area contributed by atoms with Crippen LogP contribution in [0, 0.1) is 0 Å². The maximum Gasteiger partial charge on any atom is 0.0754 e. The minimum atomic E-state index is -0.607. The maximum atomic E-state index is 2.54. The molecule has 1 unspecified atom stereocenters. The fourth-order valence-electron chi connectivity index (χ4n) is 15.9. The molecular weight excluding hydrogens is 1010 g/mol. The van der Waals surface area contributed by atoms with E-state index < -0.39 is 5.41 Å². The van der Waals surface area contributed by atoms with Gasteiger partial charge in [-0.05, 0) is 155 Å². The molecule has 19 rings (SSSR count). The monoisotopic (exact) mass is 1060 g/mol. The van der Waals surface area contributed by atoms with Crippen molar-refractivity contribution in [2.24, 2.45) is 0 Å². The van der Waals surface area contributed by atoms with Crippen LogP contribution in [0.1, 0.15) is 22.3 Å². The van der Waals surface area contributed by atoms with Crippen LogP contribution in [-0.2, 0) is 5.41 Å². The predicted molar refractivity (Wildman–Crippen MR) is 352 cm³/mol. The van der Waals surface area contributed by atoms with Crippen LogP contribution in [-0.4, -0.2) is 13.7 Å². The van der Waals surface area contributed by atoms with Crippen molar-refractivity contribution in [1.82, 2.24) is 13.7 Å². The van der Waals surface area contributed by atoms with E-state index in [2.05, 4.69) is 311 Å². The summed E-state index contributed by atoms with van der Waals surface area (Å²) < 4.78 is 7.42. The van der Waals surface area contributed by atoms with Crippen molar-refractivity contribution >= 4 is 87.0 Å². The van der Waals surface area contributed by atoms with Crippen molar-refractivity contribution in [3.63, 3.8) is 0 Å². The van der Waals surface area contributed by atoms with Gasteiger partial charge in [-0.15, -0.1) is 0 Å². The van der Waals surface area contributed by atoms with Crippen LogP contribution in [0.5, 0.6) is 0 Å². The third kappa shape index (κ3) is 5.84. The summed E-state index contributed by atoms with van der Waals surface area (Å²) >= 11 is 0. The highest BCUT2D eigenvalue weighted by molar-refractivity contribution is 6.26. The topological polar surface area (TPSA) is 14.8 Å². The van der Waals surface area contributed by atoms with Gasteiger partial charge >= 0.3 is 0 Å². The lowest BCUT2D eigenvalue weighted by molar-refractivity contribution is 0.748. The second-order valence-electron chi connectivity index (χ2n) is 22.9. The number of aromatic nitrogens is 3. The lowest BCUT2D eigenvalue weighted by Gasteiger charge is -2.39. The van der Waals surface area contributed by atoms with Gasteiger partial charge in [0, 0.05) is 43.7 Å². The van der Waals surface area contributed by atoms with Crippen molar-refractivity contribution in [2.45, 2.75) is 5.41 Å². The number of nitrogens with zero attached hydrogens (tertiary/aromatic N) is 3. The molecule has 3 heteroatoms. The van der Waals surface area contributed by atoms with Gasteiger partial charge in [0.05, 0.1) is 44.2 Å². The first kappa shape index (κ1) is 45.7. The molecule has 2 aliphatic rings. The van der Waals surface area contributed by atoms with E-state index in [1.807, 2.05) is 0 Å². The molecule has 3 aromatic heterocycles. The van der Waals surface area contributed by atoms with Gasteiger partial charge in [-0.1, -0.05) is 231 Å². The molecule has 0 fully saturated rings. The normalized spacial score (nSPS) is 14.2. The third-order valence-corrected chi connectivity index (χ3v) is 19.0. The first-order valence-corrected chi connectivity index (χ1v) is 29.3. The van der Waals surface area contributed by atoms with E-state index in [9.17, 15) is 0 Å². The summed E-state index contributed by atoms with van der Waals surface area (Å²) in [5.74, 6) is 0. The number of benzene rings is 14. The first-order chi connectivity index (χ1) is 41.8. The SMILES string of the molecule is c1ccc(-n2c3ccccc3c3c(-c4cccc5c(-c6cccc7c6-c6ccccc6C76c7ccccc7-n7c8ccccc8c8cccc6c87)c6cccc(-c7cccc8c7c7ccccc7n8-c7ccccc7)c6cc45)cccc32)cc1. The van der Waals surface area contributed by atoms with Gasteiger partial charge in [-0.2, -0.15) is 0 Å². The molecule has 0 bridgehead atoms. The number of para-hydroxylation sites is 7. The Morgan fingerprint density at radius 1 is 0.214 bits per heavy atom. The van der Waals surface area contributed by atoms with E-state index in [1.54, 1.807) is 0 Å². The molecule has 3 nitrogen and oxygen atoms in total. The maximum absolute atomic E-state index is 2.54. The van der Waals surface area contributed by atoms with Crippen LogP contribution in [0.3, 0.4) is 0 Å². The zero-order valence-electron chi connectivity index (χ0n) is 45.6. The van der Waals surface area contributed by atoms with Gasteiger partial charge in [0.25, 0.3) is 0 Å². The fraction of sp³-hybridized carbons (Fsp3) is 0.0123. The zero-order valence-corrected chi connectivity index (χ0v) is 45.6. The highest BCUT2D eigenvalue weighted by Crippen LogP contribution is 2.63. The summed E-state index contributed by atoms with van der Waals surface area (Å²) in [7, 11) is 0. The third-order valence-electron chi connectivity index (χ3n) is 19.0. The molecule has 0 amide bonds. The van der Waals surface area contributed by atoms with Crippen LogP contribution >= 0.6 is 0 Å². The Bertz CT molecular complexity index is 5460. The molecule has 84 heavy (non-hydrogen) atoms. The zero-order chi connectivity index (χ0) is 54.8. The molecular formula is C81H49N3. The summed E-state index contributed by atoms with van der Waals surface area (Å²) in [6, 6.07) is 112. The van der Waals surface area contributed by atoms with Crippen molar-refractivity contribution in [3.8, 4) is 61.6 Å². The largest absolute Gasteiger partial charge is 0.309 e. The second kappa shape index (κ2) is 17.0. The van der Waals surface area contributed by atoms with E-state index in [0.29, 0.717) is 0 Å². The number of rotatable bonds is 5. The van der Waals surface area contributed by atoms with Gasteiger partial charge in [-0.3, -0.25) is 0 Å². The molecule has 4 heterocycles. The minimum Gasteiger partial charge on any atom is -0.309 e. The van der Waals surface area contributed by atoms with Crippen LogP contribution < -0.4 is 0 Å². The van der Waals surface area contributed by atoms with E-state index >= 15 is 0 Å². The summed E-state index contributed by atoms with van der Waals surface area (Å²) in [5.41, 5.74) is 25.3. The lowest BCUT2D eigenvalue weighted by Crippen LogP contribution is -2.33. The fourth-order valence-corrected chi connectivity index (χ4v) is 15.9. The molecule has 0 saturated carbocycles. The summed E-state index contributed by atoms with van der Waals surface area (Å²) in [4.78, 5) is 0. The highest BCUT2D eigenvalue weighted by Gasteiger charge is 2.51. The smallest absolute Gasteiger partial charge is 0.0754 e. The average Bonchev–Trinajstić information content (AvgIpc) is 3.38. The Hall–Kier alpha value is -11.0. The van der Waals surface area contributed by atoms with Crippen molar-refractivity contribution in [1.29, 1.82) is 0 Å². The number of hydrogen-bond donors (Lipinski definition) is 0. The average molecular weight is 1060 g/mol. The van der Waals surface area contributed by atoms with E-state index in [4.69, 9.17) is 0 Å². The Balaban J connectivity index is 0.960.